The summed E-state index contributed by atoms with van der Waals surface area (Å²) in [6.07, 6.45) is 0.911. The third kappa shape index (κ3) is 5.64. The monoisotopic (exact) mass is 438 g/mol. The van der Waals surface area contributed by atoms with Gasteiger partial charge in [0, 0.05) is 11.3 Å². The molecule has 0 saturated heterocycles. The molecule has 3 aromatic carbocycles. The Morgan fingerprint density at radius 3 is 2.10 bits per heavy atom. The quantitative estimate of drug-likeness (QED) is 0.510. The fraction of sp³-hybridized carbons (Fsp3) is 0.208. The van der Waals surface area contributed by atoms with Crippen molar-refractivity contribution in [1.82, 2.24) is 0 Å². The lowest BCUT2D eigenvalue weighted by Crippen LogP contribution is -2.15. The Labute approximate surface area is 183 Å². The zero-order valence-electron chi connectivity index (χ0n) is 17.8. The van der Waals surface area contributed by atoms with Gasteiger partial charge in [-0.25, -0.2) is 8.42 Å². The highest BCUT2D eigenvalue weighted by molar-refractivity contribution is 7.92. The van der Waals surface area contributed by atoms with Gasteiger partial charge < -0.3 is 10.1 Å². The lowest BCUT2D eigenvalue weighted by atomic mass is 10.1. The molecule has 162 valence electrons. The molecule has 0 fully saturated rings. The largest absolute Gasteiger partial charge is 0.494 e. The van der Waals surface area contributed by atoms with Crippen LogP contribution in [-0.2, 0) is 10.0 Å². The van der Waals surface area contributed by atoms with Crippen LogP contribution < -0.4 is 14.8 Å². The Kier molecular flexibility index (Phi) is 6.97. The second-order valence-corrected chi connectivity index (χ2v) is 8.91. The Bertz CT molecular complexity index is 1130. The Morgan fingerprint density at radius 2 is 1.52 bits per heavy atom. The van der Waals surface area contributed by atoms with Gasteiger partial charge in [0.15, 0.2) is 0 Å². The van der Waals surface area contributed by atoms with E-state index in [2.05, 4.69) is 10.0 Å². The summed E-state index contributed by atoms with van der Waals surface area (Å²) >= 11 is 0. The molecule has 31 heavy (non-hydrogen) atoms. The molecule has 3 aromatic rings. The molecule has 0 heterocycles. The number of anilines is 2. The van der Waals surface area contributed by atoms with E-state index >= 15 is 0 Å². The summed E-state index contributed by atoms with van der Waals surface area (Å²) in [5.74, 6) is 0.427. The summed E-state index contributed by atoms with van der Waals surface area (Å²) < 4.78 is 33.7. The molecule has 1 amide bonds. The standard InChI is InChI=1S/C24H26N2O4S/c1-4-16-30-21-12-8-19(9-13-21)24(27)25-20-10-14-22(15-11-20)31(28,29)26-23-17(2)6-5-7-18(23)3/h5-15,26H,4,16H2,1-3H3,(H,25,27). The highest BCUT2D eigenvalue weighted by Gasteiger charge is 2.17. The molecule has 2 N–H and O–H groups in total. The van der Waals surface area contributed by atoms with E-state index in [1.165, 1.54) is 12.1 Å². The van der Waals surface area contributed by atoms with Crippen molar-refractivity contribution < 1.29 is 17.9 Å². The maximum absolute atomic E-state index is 12.8. The van der Waals surface area contributed by atoms with Gasteiger partial charge in [0.2, 0.25) is 0 Å². The van der Waals surface area contributed by atoms with Crippen molar-refractivity contribution in [3.63, 3.8) is 0 Å². The second-order valence-electron chi connectivity index (χ2n) is 7.22. The summed E-state index contributed by atoms with van der Waals surface area (Å²) in [6, 6.07) is 18.5. The molecule has 0 radical (unpaired) electrons. The predicted molar refractivity (Wildman–Crippen MR) is 123 cm³/mol. The van der Waals surface area contributed by atoms with Crippen LogP contribution in [0.15, 0.2) is 71.6 Å². The molecule has 0 aliphatic heterocycles. The van der Waals surface area contributed by atoms with Gasteiger partial charge in [0.25, 0.3) is 15.9 Å². The van der Waals surface area contributed by atoms with E-state index in [1.54, 1.807) is 36.4 Å². The summed E-state index contributed by atoms with van der Waals surface area (Å²) in [5, 5.41) is 2.77. The molecule has 0 bridgehead atoms. The van der Waals surface area contributed by atoms with Gasteiger partial charge >= 0.3 is 0 Å². The molecule has 0 spiro atoms. The average molecular weight is 439 g/mol. The van der Waals surface area contributed by atoms with E-state index in [-0.39, 0.29) is 10.8 Å². The summed E-state index contributed by atoms with van der Waals surface area (Å²) in [4.78, 5) is 12.6. The maximum Gasteiger partial charge on any atom is 0.261 e. The number of para-hydroxylation sites is 1. The van der Waals surface area contributed by atoms with E-state index in [4.69, 9.17) is 4.74 Å². The Hall–Kier alpha value is -3.32. The molecule has 3 rings (SSSR count). The van der Waals surface area contributed by atoms with Crippen molar-refractivity contribution in [1.29, 1.82) is 0 Å². The summed E-state index contributed by atoms with van der Waals surface area (Å²) in [6.45, 7) is 6.36. The van der Waals surface area contributed by atoms with Crippen LogP contribution in [0.1, 0.15) is 34.8 Å². The molecule has 0 unspecified atom stereocenters. The van der Waals surface area contributed by atoms with Gasteiger partial charge in [-0.15, -0.1) is 0 Å². The van der Waals surface area contributed by atoms with Gasteiger partial charge in [-0.05, 0) is 79.9 Å². The summed E-state index contributed by atoms with van der Waals surface area (Å²) in [5.41, 5.74) is 3.25. The average Bonchev–Trinajstić information content (AvgIpc) is 2.75. The molecule has 0 aliphatic carbocycles. The van der Waals surface area contributed by atoms with Crippen molar-refractivity contribution in [3.05, 3.63) is 83.4 Å². The van der Waals surface area contributed by atoms with Gasteiger partial charge in [-0.1, -0.05) is 25.1 Å². The topological polar surface area (TPSA) is 84.5 Å². The van der Waals surface area contributed by atoms with E-state index in [0.717, 1.165) is 17.5 Å². The zero-order chi connectivity index (χ0) is 22.4. The molecule has 0 aromatic heterocycles. The first kappa shape index (κ1) is 22.4. The number of amides is 1. The second kappa shape index (κ2) is 9.66. The first-order chi connectivity index (χ1) is 14.8. The third-order valence-electron chi connectivity index (χ3n) is 4.73. The van der Waals surface area contributed by atoms with E-state index in [0.29, 0.717) is 29.3 Å². The van der Waals surface area contributed by atoms with Crippen molar-refractivity contribution >= 4 is 27.3 Å². The Balaban J connectivity index is 1.69. The van der Waals surface area contributed by atoms with Crippen LogP contribution in [0.25, 0.3) is 0 Å². The minimum atomic E-state index is -3.74. The van der Waals surface area contributed by atoms with Crippen molar-refractivity contribution in [2.75, 3.05) is 16.6 Å². The fourth-order valence-corrected chi connectivity index (χ4v) is 4.21. The first-order valence-electron chi connectivity index (χ1n) is 10.0. The molecule has 6 nitrogen and oxygen atoms in total. The van der Waals surface area contributed by atoms with Crippen LogP contribution in [0.5, 0.6) is 5.75 Å². The number of nitrogens with one attached hydrogen (secondary N) is 2. The normalized spacial score (nSPS) is 11.1. The number of benzene rings is 3. The van der Waals surface area contributed by atoms with Crippen LogP contribution in [0.3, 0.4) is 0 Å². The first-order valence-corrected chi connectivity index (χ1v) is 11.5. The molecular formula is C24H26N2O4S. The molecule has 7 heteroatoms. The molecular weight excluding hydrogens is 412 g/mol. The minimum Gasteiger partial charge on any atom is -0.494 e. The number of hydrogen-bond acceptors (Lipinski definition) is 4. The minimum absolute atomic E-state index is 0.116. The predicted octanol–water partition coefficient (Wildman–Crippen LogP) is 5.15. The van der Waals surface area contributed by atoms with Gasteiger partial charge in [0.1, 0.15) is 5.75 Å². The van der Waals surface area contributed by atoms with Crippen molar-refractivity contribution in [3.8, 4) is 5.75 Å². The number of carbonyl (C=O) groups is 1. The SMILES string of the molecule is CCCOc1ccc(C(=O)Nc2ccc(S(=O)(=O)Nc3c(C)cccc3C)cc2)cc1. The lowest BCUT2D eigenvalue weighted by molar-refractivity contribution is 0.102. The van der Waals surface area contributed by atoms with Crippen molar-refractivity contribution in [2.24, 2.45) is 0 Å². The molecule has 0 saturated carbocycles. The van der Waals surface area contributed by atoms with Crippen LogP contribution in [0, 0.1) is 13.8 Å². The number of aryl methyl sites for hydroxylation is 2. The van der Waals surface area contributed by atoms with E-state index < -0.39 is 10.0 Å². The molecule has 0 aliphatic rings. The number of hydrogen-bond donors (Lipinski definition) is 2. The maximum atomic E-state index is 12.8. The van der Waals surface area contributed by atoms with Crippen molar-refractivity contribution in [2.45, 2.75) is 32.1 Å². The highest BCUT2D eigenvalue weighted by atomic mass is 32.2. The van der Waals surface area contributed by atoms with Crippen LogP contribution >= 0.6 is 0 Å². The van der Waals surface area contributed by atoms with Gasteiger partial charge in [0.05, 0.1) is 17.2 Å². The zero-order valence-corrected chi connectivity index (χ0v) is 18.6. The summed E-state index contributed by atoms with van der Waals surface area (Å²) in [7, 11) is -3.74. The number of rotatable bonds is 8. The smallest absolute Gasteiger partial charge is 0.261 e. The highest BCUT2D eigenvalue weighted by Crippen LogP contribution is 2.24. The van der Waals surface area contributed by atoms with Crippen LogP contribution in [-0.4, -0.2) is 20.9 Å². The third-order valence-corrected chi connectivity index (χ3v) is 6.10. The van der Waals surface area contributed by atoms with E-state index in [1.807, 2.05) is 39.0 Å². The molecule has 0 atom stereocenters. The van der Waals surface area contributed by atoms with Gasteiger partial charge in [-0.2, -0.15) is 0 Å². The van der Waals surface area contributed by atoms with Crippen LogP contribution in [0.4, 0.5) is 11.4 Å². The lowest BCUT2D eigenvalue weighted by Gasteiger charge is -2.13. The van der Waals surface area contributed by atoms with Crippen LogP contribution in [0.2, 0.25) is 0 Å². The van der Waals surface area contributed by atoms with Gasteiger partial charge in [-0.3, -0.25) is 9.52 Å². The number of carbonyl (C=O) groups excluding carboxylic acids is 1. The van der Waals surface area contributed by atoms with E-state index in [9.17, 15) is 13.2 Å². The fourth-order valence-electron chi connectivity index (χ4n) is 3.01. The number of sulfonamides is 1. The number of ether oxygens (including phenoxy) is 1. The Morgan fingerprint density at radius 1 is 0.903 bits per heavy atom.